The van der Waals surface area contributed by atoms with Gasteiger partial charge in [0.15, 0.2) is 0 Å². The minimum absolute atomic E-state index is 0.216. The van der Waals surface area contributed by atoms with Gasteiger partial charge in [0, 0.05) is 12.4 Å². The van der Waals surface area contributed by atoms with E-state index in [4.69, 9.17) is 19.4 Å². The van der Waals surface area contributed by atoms with E-state index in [1.807, 2.05) is 24.3 Å². The first-order valence-electron chi connectivity index (χ1n) is 15.6. The van der Waals surface area contributed by atoms with Gasteiger partial charge in [0.1, 0.15) is 0 Å². The van der Waals surface area contributed by atoms with E-state index < -0.39 is 17.3 Å². The van der Waals surface area contributed by atoms with Crippen LogP contribution >= 0.6 is 19.4 Å². The summed E-state index contributed by atoms with van der Waals surface area (Å²) in [5, 5.41) is 0. The van der Waals surface area contributed by atoms with Gasteiger partial charge < -0.3 is 0 Å². The van der Waals surface area contributed by atoms with Gasteiger partial charge in [-0.15, -0.1) is 0 Å². The molecule has 0 saturated carbocycles. The third-order valence-corrected chi connectivity index (χ3v) is 15.3. The van der Waals surface area contributed by atoms with Gasteiger partial charge in [-0.2, -0.15) is 0 Å². The molecule has 3 aliphatic carbocycles. The molecule has 1 spiro atoms. The summed E-state index contributed by atoms with van der Waals surface area (Å²) < 4.78 is 3.35. The summed E-state index contributed by atoms with van der Waals surface area (Å²) in [6.07, 6.45) is 6.04. The van der Waals surface area contributed by atoms with Crippen LogP contribution in [0.3, 0.4) is 0 Å². The van der Waals surface area contributed by atoms with E-state index in [1.165, 1.54) is 50.2 Å². The van der Waals surface area contributed by atoms with Crippen LogP contribution in [0, 0.1) is 20.8 Å². The van der Waals surface area contributed by atoms with Crippen molar-refractivity contribution in [3.63, 3.8) is 0 Å². The number of aromatic nitrogens is 1. The van der Waals surface area contributed by atoms with E-state index in [0.29, 0.717) is 0 Å². The van der Waals surface area contributed by atoms with Crippen molar-refractivity contribution in [3.05, 3.63) is 178 Å². The first-order chi connectivity index (χ1) is 22.1. The molecule has 1 fully saturated rings. The molecule has 2 heterocycles. The van der Waals surface area contributed by atoms with Crippen LogP contribution in [0.1, 0.15) is 64.3 Å². The number of allylic oxidation sites excluding steroid dienone is 1. The molecule has 234 valence electrons. The minimum atomic E-state index is -3.74. The Morgan fingerprint density at radius 3 is 1.76 bits per heavy atom. The summed E-state index contributed by atoms with van der Waals surface area (Å²) in [4.78, 5) is 6.35. The Hall–Kier alpha value is -3.49. The zero-order valence-electron chi connectivity index (χ0n) is 26.8. The van der Waals surface area contributed by atoms with E-state index in [0.717, 1.165) is 9.79 Å². The summed E-state index contributed by atoms with van der Waals surface area (Å²) in [6, 6.07) is 38.6. The van der Waals surface area contributed by atoms with Crippen LogP contribution in [0.5, 0.6) is 0 Å². The monoisotopic (exact) mass is 730 g/mol. The fourth-order valence-electron chi connectivity index (χ4n) is 8.02. The molecule has 1 saturated heterocycles. The van der Waals surface area contributed by atoms with Gasteiger partial charge in [-0.05, 0) is 12.1 Å². The molecular weight excluding hydrogens is 692 g/mol. The molecule has 0 amide bonds. The second kappa shape index (κ2) is 11.6. The summed E-state index contributed by atoms with van der Waals surface area (Å²) in [5.41, 5.74) is 12.0. The Morgan fingerprint density at radius 1 is 0.717 bits per heavy atom. The average molecular weight is 731 g/mol. The predicted molar refractivity (Wildman–Crippen MR) is 193 cm³/mol. The fraction of sp³-hybridized carbons (Fsp3) is 0.195. The number of pyridine rings is 1. The van der Waals surface area contributed by atoms with Crippen molar-refractivity contribution in [2.75, 3.05) is 4.90 Å². The van der Waals surface area contributed by atoms with Crippen molar-refractivity contribution in [1.29, 1.82) is 0 Å². The molecule has 2 nitrogen and oxygen atoms in total. The maximum absolute atomic E-state index is 7.90. The Bertz CT molecular complexity index is 2020. The molecule has 0 atom stereocenters. The first-order valence-corrected chi connectivity index (χ1v) is 22.0. The number of hydrogen-bond donors (Lipinski definition) is 0. The van der Waals surface area contributed by atoms with Gasteiger partial charge >= 0.3 is 249 Å². The number of halogens is 2. The molecule has 4 aromatic carbocycles. The summed E-state index contributed by atoms with van der Waals surface area (Å²) in [5.74, 6) is 0.216. The normalized spacial score (nSPS) is 20.5. The van der Waals surface area contributed by atoms with E-state index in [1.54, 1.807) is 12.4 Å². The van der Waals surface area contributed by atoms with Crippen LogP contribution in [-0.4, -0.2) is 19.4 Å². The van der Waals surface area contributed by atoms with Crippen molar-refractivity contribution in [2.45, 2.75) is 51.5 Å². The topological polar surface area (TPSA) is 16.1 Å². The number of hydrogen-bond acceptors (Lipinski definition) is 2. The molecule has 46 heavy (non-hydrogen) atoms. The van der Waals surface area contributed by atoms with Gasteiger partial charge in [0.05, 0.1) is 0 Å². The van der Waals surface area contributed by atoms with E-state index in [-0.39, 0.29) is 11.5 Å². The van der Waals surface area contributed by atoms with Crippen LogP contribution in [0.4, 0.5) is 5.69 Å². The maximum atomic E-state index is 7.90. The SMILES string of the molecule is Cc1cc(C)c(N2[C](=[Ru]([Cl])([Cl])=[CH]c3ccccc3)C34C(=CC(c5ccccc53)c3ccccc34)C2(C)C)c(C)c1.c1ccncc1. The summed E-state index contributed by atoms with van der Waals surface area (Å²) in [6.45, 7) is 11.4. The Balaban J connectivity index is 0.000000508. The van der Waals surface area contributed by atoms with Crippen LogP contribution in [0.15, 0.2) is 133 Å². The van der Waals surface area contributed by atoms with Gasteiger partial charge in [-0.1, -0.05) is 6.07 Å². The fourth-order valence-corrected chi connectivity index (χ4v) is 15.0. The van der Waals surface area contributed by atoms with Gasteiger partial charge in [0.25, 0.3) is 0 Å². The van der Waals surface area contributed by atoms with E-state index in [9.17, 15) is 0 Å². The zero-order chi connectivity index (χ0) is 32.3. The van der Waals surface area contributed by atoms with Gasteiger partial charge in [0.2, 0.25) is 0 Å². The van der Waals surface area contributed by atoms with Crippen molar-refractivity contribution < 1.29 is 11.9 Å². The molecule has 2 bridgehead atoms. The van der Waals surface area contributed by atoms with E-state index in [2.05, 4.69) is 140 Å². The Morgan fingerprint density at radius 2 is 1.24 bits per heavy atom. The smallest absolute Gasteiger partial charge is 0.0267 e. The van der Waals surface area contributed by atoms with Gasteiger partial charge in [-0.3, -0.25) is 4.98 Å². The van der Waals surface area contributed by atoms with Crippen LogP contribution < -0.4 is 4.90 Å². The quantitative estimate of drug-likeness (QED) is 0.133. The molecule has 9 rings (SSSR count). The standard InChI is InChI=1S/C29H27N.C7H6.C5H5N.2ClH.Ru/c1-18-14-19(2)27(20(3)15-18)30-17-29-24-12-8-6-10-21(24)23(16-26(29)28(30,4)5)22-11-7-9-13-25(22)29;1-7-5-3-2-4-6-7;1-2-4-6-5-3-1;;;/h6-16,23H,1-5H3;1-6H;1-5H;2*1H;/q;;;;;+2/p-2. The number of benzene rings is 4. The third-order valence-electron chi connectivity index (χ3n) is 9.54. The number of anilines is 1. The van der Waals surface area contributed by atoms with Crippen molar-refractivity contribution in [1.82, 2.24) is 4.98 Å². The molecule has 5 aromatic rings. The molecule has 0 unspecified atom stereocenters. The molecule has 1 aromatic heterocycles. The third kappa shape index (κ3) is 4.74. The van der Waals surface area contributed by atoms with Crippen LogP contribution in [-0.2, 0) is 17.3 Å². The largest absolute Gasteiger partial charge is 0.265 e. The second-order valence-electron chi connectivity index (χ2n) is 12.9. The molecule has 0 radical (unpaired) electrons. The molecule has 0 N–H and O–H groups in total. The van der Waals surface area contributed by atoms with Crippen molar-refractivity contribution in [3.8, 4) is 0 Å². The summed E-state index contributed by atoms with van der Waals surface area (Å²) >= 11 is -3.74. The average Bonchev–Trinajstić information content (AvgIpc) is 3.27. The molecule has 1 aliphatic heterocycles. The maximum Gasteiger partial charge on any atom is 0.0267 e. The molecule has 4 aliphatic rings. The number of nitrogens with zero attached hydrogens (tertiary/aromatic N) is 2. The Kier molecular flexibility index (Phi) is 7.88. The first kappa shape index (κ1) is 31.1. The number of aryl methyl sites for hydroxylation is 3. The molecular formula is C41H38Cl2N2Ru. The van der Waals surface area contributed by atoms with Crippen LogP contribution in [0.25, 0.3) is 0 Å². The summed E-state index contributed by atoms with van der Waals surface area (Å²) in [7, 11) is 15.8. The molecule has 5 heteroatoms. The Labute approximate surface area is 283 Å². The van der Waals surface area contributed by atoms with E-state index >= 15 is 0 Å². The van der Waals surface area contributed by atoms with Gasteiger partial charge in [-0.25, -0.2) is 0 Å². The minimum Gasteiger partial charge on any atom is -0.265 e. The zero-order valence-corrected chi connectivity index (χ0v) is 30.0. The second-order valence-corrected chi connectivity index (χ2v) is 22.2. The number of rotatable bonds is 2. The van der Waals surface area contributed by atoms with Crippen molar-refractivity contribution >= 4 is 33.9 Å². The van der Waals surface area contributed by atoms with Crippen molar-refractivity contribution in [2.24, 2.45) is 0 Å². The predicted octanol–water partition coefficient (Wildman–Crippen LogP) is 10.1. The van der Waals surface area contributed by atoms with Crippen LogP contribution in [0.2, 0.25) is 0 Å².